The molecule has 0 amide bonds. The van der Waals surface area contributed by atoms with Crippen LogP contribution in [0.4, 0.5) is 0 Å². The van der Waals surface area contributed by atoms with Crippen molar-refractivity contribution in [2.45, 2.75) is 38.4 Å². The molecule has 1 rings (SSSR count). The van der Waals surface area contributed by atoms with E-state index in [-0.39, 0.29) is 18.2 Å². The SMILES string of the molecule is C=CCO[C@@H]1CCC[C@H]1OC(C)=O. The fraction of sp³-hybridized carbons (Fsp3) is 0.700. The number of hydrogen-bond donors (Lipinski definition) is 0. The molecule has 1 fully saturated rings. The van der Waals surface area contributed by atoms with Crippen LogP contribution in [0.15, 0.2) is 12.7 Å². The van der Waals surface area contributed by atoms with Crippen LogP contribution in [0.1, 0.15) is 26.2 Å². The van der Waals surface area contributed by atoms with E-state index in [1.54, 1.807) is 6.08 Å². The molecule has 0 aromatic carbocycles. The summed E-state index contributed by atoms with van der Waals surface area (Å²) in [4.78, 5) is 10.7. The fourth-order valence-corrected chi connectivity index (χ4v) is 1.62. The quantitative estimate of drug-likeness (QED) is 0.492. The minimum Gasteiger partial charge on any atom is -0.460 e. The zero-order chi connectivity index (χ0) is 9.68. The topological polar surface area (TPSA) is 35.5 Å². The van der Waals surface area contributed by atoms with Gasteiger partial charge in [0, 0.05) is 6.92 Å². The normalized spacial score (nSPS) is 27.2. The summed E-state index contributed by atoms with van der Waals surface area (Å²) in [5, 5.41) is 0. The molecule has 74 valence electrons. The molecule has 1 saturated carbocycles. The highest BCUT2D eigenvalue weighted by molar-refractivity contribution is 5.66. The Balaban J connectivity index is 2.34. The molecule has 0 aromatic rings. The molecule has 0 spiro atoms. The second-order valence-electron chi connectivity index (χ2n) is 3.24. The van der Waals surface area contributed by atoms with E-state index < -0.39 is 0 Å². The summed E-state index contributed by atoms with van der Waals surface area (Å²) in [7, 11) is 0. The summed E-state index contributed by atoms with van der Waals surface area (Å²) in [6, 6.07) is 0. The minimum atomic E-state index is -0.223. The van der Waals surface area contributed by atoms with Gasteiger partial charge in [0.05, 0.1) is 12.7 Å². The van der Waals surface area contributed by atoms with Crippen LogP contribution in [0.2, 0.25) is 0 Å². The van der Waals surface area contributed by atoms with Crippen molar-refractivity contribution in [3.05, 3.63) is 12.7 Å². The van der Waals surface area contributed by atoms with Gasteiger partial charge in [0.25, 0.3) is 0 Å². The van der Waals surface area contributed by atoms with Crippen molar-refractivity contribution in [2.24, 2.45) is 0 Å². The predicted octanol–water partition coefficient (Wildman–Crippen LogP) is 1.67. The molecule has 0 heterocycles. The van der Waals surface area contributed by atoms with Crippen LogP contribution in [0.25, 0.3) is 0 Å². The lowest BCUT2D eigenvalue weighted by Crippen LogP contribution is -2.27. The molecule has 13 heavy (non-hydrogen) atoms. The Hall–Kier alpha value is -0.830. The first-order chi connectivity index (χ1) is 6.24. The third-order valence-electron chi connectivity index (χ3n) is 2.14. The van der Waals surface area contributed by atoms with E-state index in [0.29, 0.717) is 6.61 Å². The summed E-state index contributed by atoms with van der Waals surface area (Å²) in [5.74, 6) is -0.223. The highest BCUT2D eigenvalue weighted by Crippen LogP contribution is 2.24. The molecule has 0 saturated heterocycles. The average molecular weight is 184 g/mol. The Morgan fingerprint density at radius 2 is 2.23 bits per heavy atom. The largest absolute Gasteiger partial charge is 0.460 e. The van der Waals surface area contributed by atoms with Gasteiger partial charge in [0.2, 0.25) is 0 Å². The van der Waals surface area contributed by atoms with E-state index in [9.17, 15) is 4.79 Å². The number of rotatable bonds is 4. The molecule has 0 N–H and O–H groups in total. The van der Waals surface area contributed by atoms with E-state index in [0.717, 1.165) is 19.3 Å². The van der Waals surface area contributed by atoms with Gasteiger partial charge >= 0.3 is 5.97 Å². The smallest absolute Gasteiger partial charge is 0.302 e. The van der Waals surface area contributed by atoms with Gasteiger partial charge in [-0.2, -0.15) is 0 Å². The second kappa shape index (κ2) is 5.02. The van der Waals surface area contributed by atoms with Crippen molar-refractivity contribution in [3.63, 3.8) is 0 Å². The summed E-state index contributed by atoms with van der Waals surface area (Å²) in [5.41, 5.74) is 0. The first-order valence-corrected chi connectivity index (χ1v) is 4.63. The Labute approximate surface area is 78.7 Å². The summed E-state index contributed by atoms with van der Waals surface area (Å²) < 4.78 is 10.6. The lowest BCUT2D eigenvalue weighted by molar-refractivity contribution is -0.152. The lowest BCUT2D eigenvalue weighted by Gasteiger charge is -2.18. The number of hydrogen-bond acceptors (Lipinski definition) is 3. The highest BCUT2D eigenvalue weighted by Gasteiger charge is 2.29. The number of ether oxygens (including phenoxy) is 2. The third-order valence-corrected chi connectivity index (χ3v) is 2.14. The van der Waals surface area contributed by atoms with Crippen LogP contribution in [0, 0.1) is 0 Å². The molecule has 2 atom stereocenters. The zero-order valence-electron chi connectivity index (χ0n) is 7.99. The molecule has 0 unspecified atom stereocenters. The van der Waals surface area contributed by atoms with Gasteiger partial charge in [-0.1, -0.05) is 6.08 Å². The molecule has 3 nitrogen and oxygen atoms in total. The van der Waals surface area contributed by atoms with Crippen molar-refractivity contribution >= 4 is 5.97 Å². The lowest BCUT2D eigenvalue weighted by atomic mass is 10.2. The molecule has 1 aliphatic carbocycles. The van der Waals surface area contributed by atoms with Crippen molar-refractivity contribution in [1.29, 1.82) is 0 Å². The summed E-state index contributed by atoms with van der Waals surface area (Å²) >= 11 is 0. The van der Waals surface area contributed by atoms with E-state index in [4.69, 9.17) is 9.47 Å². The van der Waals surface area contributed by atoms with Gasteiger partial charge in [-0.3, -0.25) is 4.79 Å². The minimum absolute atomic E-state index is 0.0440. The molecule has 3 heteroatoms. The number of esters is 1. The zero-order valence-corrected chi connectivity index (χ0v) is 7.99. The van der Waals surface area contributed by atoms with Crippen LogP contribution in [-0.2, 0) is 14.3 Å². The maximum Gasteiger partial charge on any atom is 0.302 e. The molecule has 0 bridgehead atoms. The average Bonchev–Trinajstić information content (AvgIpc) is 2.48. The molecule has 0 aliphatic heterocycles. The first kappa shape index (κ1) is 10.3. The Morgan fingerprint density at radius 1 is 1.54 bits per heavy atom. The Kier molecular flexibility index (Phi) is 3.96. The predicted molar refractivity (Wildman–Crippen MR) is 49.3 cm³/mol. The van der Waals surface area contributed by atoms with Crippen LogP contribution in [0.3, 0.4) is 0 Å². The molecule has 1 aliphatic rings. The van der Waals surface area contributed by atoms with Gasteiger partial charge in [-0.15, -0.1) is 6.58 Å². The van der Waals surface area contributed by atoms with Gasteiger partial charge in [-0.25, -0.2) is 0 Å². The fourth-order valence-electron chi connectivity index (χ4n) is 1.62. The summed E-state index contributed by atoms with van der Waals surface area (Å²) in [6.45, 7) is 5.54. The van der Waals surface area contributed by atoms with Gasteiger partial charge < -0.3 is 9.47 Å². The van der Waals surface area contributed by atoms with Gasteiger partial charge in [0.15, 0.2) is 0 Å². The van der Waals surface area contributed by atoms with E-state index in [2.05, 4.69) is 6.58 Å². The van der Waals surface area contributed by atoms with Crippen molar-refractivity contribution in [1.82, 2.24) is 0 Å². The second-order valence-corrected chi connectivity index (χ2v) is 3.24. The van der Waals surface area contributed by atoms with E-state index >= 15 is 0 Å². The standard InChI is InChI=1S/C10H16O3/c1-3-7-12-9-5-4-6-10(9)13-8(2)11/h3,9-10H,1,4-7H2,2H3/t9-,10-/m1/s1. The van der Waals surface area contributed by atoms with E-state index in [1.165, 1.54) is 6.92 Å². The van der Waals surface area contributed by atoms with Gasteiger partial charge in [0.1, 0.15) is 6.10 Å². The maximum absolute atomic E-state index is 10.7. The third kappa shape index (κ3) is 3.19. The Bertz CT molecular complexity index is 189. The molecule has 0 radical (unpaired) electrons. The summed E-state index contributed by atoms with van der Waals surface area (Å²) in [6.07, 6.45) is 4.70. The van der Waals surface area contributed by atoms with Gasteiger partial charge in [-0.05, 0) is 19.3 Å². The Morgan fingerprint density at radius 3 is 2.85 bits per heavy atom. The number of carbonyl (C=O) groups is 1. The number of carbonyl (C=O) groups excluding carboxylic acids is 1. The van der Waals surface area contributed by atoms with E-state index in [1.807, 2.05) is 0 Å². The van der Waals surface area contributed by atoms with Crippen LogP contribution >= 0.6 is 0 Å². The first-order valence-electron chi connectivity index (χ1n) is 4.63. The molecular formula is C10H16O3. The van der Waals surface area contributed by atoms with Crippen molar-refractivity contribution in [3.8, 4) is 0 Å². The molecule has 0 aromatic heterocycles. The van der Waals surface area contributed by atoms with Crippen LogP contribution in [-0.4, -0.2) is 24.8 Å². The highest BCUT2D eigenvalue weighted by atomic mass is 16.6. The maximum atomic E-state index is 10.7. The van der Waals surface area contributed by atoms with Crippen LogP contribution in [0.5, 0.6) is 0 Å². The monoisotopic (exact) mass is 184 g/mol. The van der Waals surface area contributed by atoms with Crippen molar-refractivity contribution < 1.29 is 14.3 Å². The van der Waals surface area contributed by atoms with Crippen LogP contribution < -0.4 is 0 Å². The molecular weight excluding hydrogens is 168 g/mol. The van der Waals surface area contributed by atoms with Crippen molar-refractivity contribution in [2.75, 3.05) is 6.61 Å².